The number of carbonyl (C=O) groups excluding carboxylic acids is 2. The number of ketones is 1. The van der Waals surface area contributed by atoms with E-state index in [1.807, 2.05) is 24.6 Å². The average molecular weight is 522 g/mol. The van der Waals surface area contributed by atoms with Crippen LogP contribution < -0.4 is 0 Å². The molecule has 0 saturated carbocycles. The average Bonchev–Trinajstić information content (AvgIpc) is 3.19. The van der Waals surface area contributed by atoms with Crippen LogP contribution in [0.25, 0.3) is 6.08 Å². The van der Waals surface area contributed by atoms with Crippen LogP contribution in [-0.4, -0.2) is 40.8 Å². The Morgan fingerprint density at radius 3 is 2.54 bits per heavy atom. The lowest BCUT2D eigenvalue weighted by Gasteiger charge is -2.45. The molecule has 1 aromatic heterocycles. The van der Waals surface area contributed by atoms with Crippen molar-refractivity contribution >= 4 is 40.9 Å². The number of cyclic esters (lactones) is 1. The summed E-state index contributed by atoms with van der Waals surface area (Å²) in [6.45, 7) is 15.0. The highest BCUT2D eigenvalue weighted by molar-refractivity contribution is 8.00. The number of fused-ring (bicyclic) bond motifs is 1. The Morgan fingerprint density at radius 2 is 1.89 bits per heavy atom. The fraction of sp³-hybridized carbons (Fsp3) is 0.750. The van der Waals surface area contributed by atoms with Gasteiger partial charge in [0.15, 0.2) is 0 Å². The van der Waals surface area contributed by atoms with E-state index in [9.17, 15) is 9.59 Å². The number of Topliss-reactive ketones (excluding diaryl/α,β-unsaturated/α-hetero) is 1. The summed E-state index contributed by atoms with van der Waals surface area (Å²) in [5.41, 5.74) is 1.10. The quantitative estimate of drug-likeness (QED) is 0.235. The monoisotopic (exact) mass is 521 g/mol. The largest absolute Gasteiger partial charge is 0.458 e. The second kappa shape index (κ2) is 11.1. The summed E-state index contributed by atoms with van der Waals surface area (Å²) in [6, 6.07) is 0. The molecule has 7 heteroatoms. The molecule has 0 N–H and O–H groups in total. The fourth-order valence-electron chi connectivity index (χ4n) is 5.10. The molecule has 0 bridgehead atoms. The van der Waals surface area contributed by atoms with Crippen molar-refractivity contribution in [3.63, 3.8) is 0 Å². The molecule has 196 valence electrons. The molecular formula is C28H43NO4S2. The number of nitrogens with zero attached hydrogens (tertiary/aromatic N) is 1. The molecule has 0 spiro atoms. The minimum Gasteiger partial charge on any atom is -0.458 e. The Hall–Kier alpha value is -1.18. The van der Waals surface area contributed by atoms with Crippen LogP contribution in [0.1, 0.15) is 99.1 Å². The zero-order chi connectivity index (χ0) is 26.0. The first-order chi connectivity index (χ1) is 16.3. The van der Waals surface area contributed by atoms with Gasteiger partial charge in [-0.05, 0) is 55.9 Å². The van der Waals surface area contributed by atoms with E-state index in [0.29, 0.717) is 25.2 Å². The van der Waals surface area contributed by atoms with Crippen LogP contribution in [0.15, 0.2) is 15.3 Å². The highest BCUT2D eigenvalue weighted by atomic mass is 32.2. The molecule has 0 aromatic carbocycles. The van der Waals surface area contributed by atoms with E-state index in [4.69, 9.17) is 9.47 Å². The van der Waals surface area contributed by atoms with Crippen LogP contribution in [0.2, 0.25) is 0 Å². The lowest BCUT2D eigenvalue weighted by Crippen LogP contribution is -2.44. The Balaban J connectivity index is 1.79. The van der Waals surface area contributed by atoms with Gasteiger partial charge in [0.05, 0.1) is 17.4 Å². The highest BCUT2D eigenvalue weighted by Crippen LogP contribution is 2.49. The van der Waals surface area contributed by atoms with E-state index in [1.165, 1.54) is 0 Å². The van der Waals surface area contributed by atoms with Gasteiger partial charge in [-0.2, -0.15) is 0 Å². The molecule has 5 nitrogen and oxygen atoms in total. The topological polar surface area (TPSA) is 68.8 Å². The van der Waals surface area contributed by atoms with Crippen molar-refractivity contribution < 1.29 is 19.1 Å². The van der Waals surface area contributed by atoms with Gasteiger partial charge in [0.2, 0.25) is 0 Å². The number of rotatable bonds is 3. The lowest BCUT2D eigenvalue weighted by atomic mass is 9.58. The van der Waals surface area contributed by atoms with Gasteiger partial charge in [0.1, 0.15) is 16.2 Å². The maximum Gasteiger partial charge on any atom is 0.306 e. The lowest BCUT2D eigenvalue weighted by molar-refractivity contribution is -0.148. The van der Waals surface area contributed by atoms with E-state index in [1.54, 1.807) is 23.1 Å². The van der Waals surface area contributed by atoms with Gasteiger partial charge < -0.3 is 9.47 Å². The third-order valence-corrected chi connectivity index (χ3v) is 10.8. The van der Waals surface area contributed by atoms with Crippen LogP contribution in [0.3, 0.4) is 0 Å². The number of ether oxygens (including phenoxy) is 2. The van der Waals surface area contributed by atoms with Crippen LogP contribution >= 0.6 is 23.1 Å². The molecule has 4 unspecified atom stereocenters. The highest BCUT2D eigenvalue weighted by Gasteiger charge is 2.53. The summed E-state index contributed by atoms with van der Waals surface area (Å²) in [5.74, 6) is 0.383. The number of epoxide rings is 1. The molecule has 2 aliphatic rings. The predicted octanol–water partition coefficient (Wildman–Crippen LogP) is 7.34. The maximum absolute atomic E-state index is 13.2. The van der Waals surface area contributed by atoms with Gasteiger partial charge >= 0.3 is 5.97 Å². The number of carbonyl (C=O) groups is 2. The minimum atomic E-state index is -0.457. The molecule has 2 aliphatic heterocycles. The van der Waals surface area contributed by atoms with Gasteiger partial charge in [-0.1, -0.05) is 59.2 Å². The Bertz CT molecular complexity index is 951. The number of hydrogen-bond acceptors (Lipinski definition) is 7. The van der Waals surface area contributed by atoms with Crippen molar-refractivity contribution in [3.05, 3.63) is 16.6 Å². The maximum atomic E-state index is 13.2. The summed E-state index contributed by atoms with van der Waals surface area (Å²) in [7, 11) is 0. The zero-order valence-corrected chi connectivity index (χ0v) is 24.4. The second-order valence-corrected chi connectivity index (χ2v) is 13.6. The van der Waals surface area contributed by atoms with Crippen molar-refractivity contribution in [3.8, 4) is 0 Å². The minimum absolute atomic E-state index is 0.0788. The van der Waals surface area contributed by atoms with Crippen LogP contribution in [-0.2, 0) is 19.1 Å². The molecular weight excluding hydrogens is 478 g/mol. The Labute approximate surface area is 219 Å². The molecule has 3 rings (SSSR count). The first-order valence-electron chi connectivity index (χ1n) is 12.9. The van der Waals surface area contributed by atoms with E-state index in [0.717, 1.165) is 34.9 Å². The van der Waals surface area contributed by atoms with Crippen LogP contribution in [0, 0.1) is 16.7 Å². The molecule has 0 aliphatic carbocycles. The van der Waals surface area contributed by atoms with E-state index < -0.39 is 5.41 Å². The van der Waals surface area contributed by atoms with Crippen molar-refractivity contribution in [2.24, 2.45) is 16.7 Å². The third kappa shape index (κ3) is 6.58. The first kappa shape index (κ1) is 28.4. The van der Waals surface area contributed by atoms with E-state index in [2.05, 4.69) is 46.5 Å². The predicted molar refractivity (Wildman–Crippen MR) is 145 cm³/mol. The number of thiazole rings is 1. The van der Waals surface area contributed by atoms with Gasteiger partial charge in [-0.15, -0.1) is 11.3 Å². The van der Waals surface area contributed by atoms with Gasteiger partial charge in [-0.25, -0.2) is 4.98 Å². The SMILES string of the molecule is CSc1nc(/C=C(\C)C2CC3OC3(C)CCCC(C)C(C)(C)C(C)(C)C(=O)CCCC(=O)O2)cs1. The molecule has 3 heterocycles. The second-order valence-electron chi connectivity index (χ2n) is 11.7. The number of aromatic nitrogens is 1. The van der Waals surface area contributed by atoms with Gasteiger partial charge in [-0.3, -0.25) is 9.59 Å². The van der Waals surface area contributed by atoms with Crippen LogP contribution in [0.5, 0.6) is 0 Å². The smallest absolute Gasteiger partial charge is 0.306 e. The molecule has 35 heavy (non-hydrogen) atoms. The summed E-state index contributed by atoms with van der Waals surface area (Å²) in [6.07, 6.45) is 8.66. The molecule has 1 aromatic rings. The Morgan fingerprint density at radius 1 is 1.17 bits per heavy atom. The third-order valence-electron chi connectivity index (χ3n) is 8.93. The number of hydrogen-bond donors (Lipinski definition) is 0. The normalized spacial score (nSPS) is 32.6. The van der Waals surface area contributed by atoms with Crippen molar-refractivity contribution in [1.29, 1.82) is 0 Å². The molecule has 2 fully saturated rings. The summed E-state index contributed by atoms with van der Waals surface area (Å²) < 4.78 is 13.2. The Kier molecular flexibility index (Phi) is 8.97. The van der Waals surface area contributed by atoms with Crippen molar-refractivity contribution in [2.45, 2.75) is 116 Å². The molecule has 2 saturated heterocycles. The number of esters is 1. The first-order valence-corrected chi connectivity index (χ1v) is 15.0. The summed E-state index contributed by atoms with van der Waals surface area (Å²) in [5, 5.41) is 2.03. The summed E-state index contributed by atoms with van der Waals surface area (Å²) in [4.78, 5) is 30.6. The molecule has 4 atom stereocenters. The van der Waals surface area contributed by atoms with E-state index in [-0.39, 0.29) is 41.4 Å². The standard InChI is InChI=1S/C28H43NO4S2/c1-18(15-20-17-35-25(29-20)34-8)21-16-23-28(7,33-23)14-10-11-19(2)26(3,4)27(5,6)22(30)12-9-13-24(31)32-21/h15,17,19,21,23H,9-14,16H2,1-8H3/b18-15+. The fourth-order valence-corrected chi connectivity index (χ4v) is 6.33. The molecule has 0 amide bonds. The van der Waals surface area contributed by atoms with E-state index >= 15 is 0 Å². The van der Waals surface area contributed by atoms with Crippen molar-refractivity contribution in [1.82, 2.24) is 4.98 Å². The zero-order valence-electron chi connectivity index (χ0n) is 22.7. The molecule has 0 radical (unpaired) electrons. The number of thioether (sulfide) groups is 1. The van der Waals surface area contributed by atoms with Crippen molar-refractivity contribution in [2.75, 3.05) is 6.26 Å². The summed E-state index contributed by atoms with van der Waals surface area (Å²) >= 11 is 3.24. The van der Waals surface area contributed by atoms with Gasteiger partial charge in [0, 0.05) is 30.1 Å². The van der Waals surface area contributed by atoms with Gasteiger partial charge in [0.25, 0.3) is 0 Å². The van der Waals surface area contributed by atoms with Crippen LogP contribution in [0.4, 0.5) is 0 Å².